The van der Waals surface area contributed by atoms with Crippen molar-refractivity contribution in [1.82, 2.24) is 9.13 Å². The summed E-state index contributed by atoms with van der Waals surface area (Å²) >= 11 is 0. The summed E-state index contributed by atoms with van der Waals surface area (Å²) in [5.74, 6) is 0. The number of aryl methyl sites for hydroxylation is 1. The van der Waals surface area contributed by atoms with Gasteiger partial charge >= 0.3 is 5.69 Å². The van der Waals surface area contributed by atoms with Gasteiger partial charge in [0.2, 0.25) is 0 Å². The van der Waals surface area contributed by atoms with Gasteiger partial charge in [0.1, 0.15) is 0 Å². The highest BCUT2D eigenvalue weighted by atomic mass is 16.1. The minimum Gasteiger partial charge on any atom is -0.326 e. The lowest BCUT2D eigenvalue weighted by Gasteiger charge is -2.07. The van der Waals surface area contributed by atoms with Gasteiger partial charge in [0.15, 0.2) is 0 Å². The van der Waals surface area contributed by atoms with Gasteiger partial charge in [-0.3, -0.25) is 9.13 Å². The Labute approximate surface area is 100 Å². The first kappa shape index (κ1) is 11.7. The van der Waals surface area contributed by atoms with Gasteiger partial charge in [0.05, 0.1) is 6.54 Å². The molecule has 2 aromatic rings. The molecule has 4 heteroatoms. The van der Waals surface area contributed by atoms with E-state index >= 15 is 0 Å². The third-order valence-corrected chi connectivity index (χ3v) is 2.94. The predicted octanol–water partition coefficient (Wildman–Crippen LogP) is 1.18. The number of nitrogens with two attached hydrogens (primary N) is 1. The molecule has 0 atom stereocenters. The van der Waals surface area contributed by atoms with Gasteiger partial charge in [-0.1, -0.05) is 24.3 Å². The summed E-state index contributed by atoms with van der Waals surface area (Å²) in [5, 5.41) is 0. The molecule has 0 saturated heterocycles. The average Bonchev–Trinajstić information content (AvgIpc) is 2.71. The van der Waals surface area contributed by atoms with Crippen LogP contribution in [0.25, 0.3) is 0 Å². The Balaban J connectivity index is 2.31. The molecule has 0 bridgehead atoms. The van der Waals surface area contributed by atoms with E-state index in [0.29, 0.717) is 19.6 Å². The molecule has 0 aliphatic carbocycles. The Morgan fingerprint density at radius 1 is 1.12 bits per heavy atom. The van der Waals surface area contributed by atoms with E-state index in [1.165, 1.54) is 0 Å². The van der Waals surface area contributed by atoms with Crippen molar-refractivity contribution in [3.63, 3.8) is 0 Å². The zero-order chi connectivity index (χ0) is 12.3. The third-order valence-electron chi connectivity index (χ3n) is 2.94. The van der Waals surface area contributed by atoms with Gasteiger partial charge in [-0.25, -0.2) is 4.79 Å². The molecule has 2 rings (SSSR count). The number of hydrogen-bond donors (Lipinski definition) is 1. The molecule has 0 fully saturated rings. The summed E-state index contributed by atoms with van der Waals surface area (Å²) in [6.07, 6.45) is 3.63. The third kappa shape index (κ3) is 2.31. The minimum absolute atomic E-state index is 0.0272. The number of hydrogen-bond acceptors (Lipinski definition) is 2. The largest absolute Gasteiger partial charge is 0.328 e. The van der Waals surface area contributed by atoms with Crippen molar-refractivity contribution < 1.29 is 0 Å². The first-order chi connectivity index (χ1) is 8.26. The molecule has 2 N–H and O–H groups in total. The van der Waals surface area contributed by atoms with Gasteiger partial charge in [-0.05, 0) is 18.1 Å². The predicted molar refractivity (Wildman–Crippen MR) is 67.8 cm³/mol. The molecule has 4 nitrogen and oxygen atoms in total. The van der Waals surface area contributed by atoms with Crippen LogP contribution in [0.15, 0.2) is 41.5 Å². The van der Waals surface area contributed by atoms with Crippen molar-refractivity contribution in [2.45, 2.75) is 26.6 Å². The first-order valence-corrected chi connectivity index (χ1v) is 5.78. The van der Waals surface area contributed by atoms with Crippen LogP contribution < -0.4 is 11.4 Å². The number of aromatic nitrogens is 2. The minimum atomic E-state index is 0.0272. The maximum Gasteiger partial charge on any atom is 0.328 e. The van der Waals surface area contributed by atoms with Gasteiger partial charge in [-0.15, -0.1) is 0 Å². The van der Waals surface area contributed by atoms with E-state index in [9.17, 15) is 4.79 Å². The Hall–Kier alpha value is -1.81. The lowest BCUT2D eigenvalue weighted by Crippen LogP contribution is -2.24. The van der Waals surface area contributed by atoms with Gasteiger partial charge in [0.25, 0.3) is 0 Å². The van der Waals surface area contributed by atoms with Crippen LogP contribution in [0, 0.1) is 0 Å². The summed E-state index contributed by atoms with van der Waals surface area (Å²) in [6.45, 7) is 3.74. The number of imidazole rings is 1. The van der Waals surface area contributed by atoms with Crippen LogP contribution in [-0.4, -0.2) is 9.13 Å². The fourth-order valence-electron chi connectivity index (χ4n) is 1.91. The second-order valence-corrected chi connectivity index (χ2v) is 3.97. The molecule has 0 unspecified atom stereocenters. The second kappa shape index (κ2) is 5.01. The molecule has 0 saturated carbocycles. The van der Waals surface area contributed by atoms with E-state index < -0.39 is 0 Å². The first-order valence-electron chi connectivity index (χ1n) is 5.78. The number of nitrogens with zero attached hydrogens (tertiary/aromatic N) is 2. The summed E-state index contributed by atoms with van der Waals surface area (Å²) in [4.78, 5) is 11.9. The number of rotatable bonds is 4. The fourth-order valence-corrected chi connectivity index (χ4v) is 1.91. The second-order valence-electron chi connectivity index (χ2n) is 3.97. The molecule has 17 heavy (non-hydrogen) atoms. The van der Waals surface area contributed by atoms with Crippen LogP contribution in [-0.2, 0) is 19.6 Å². The Morgan fingerprint density at radius 3 is 2.35 bits per heavy atom. The maximum atomic E-state index is 11.9. The van der Waals surface area contributed by atoms with Crippen LogP contribution in [0.5, 0.6) is 0 Å². The number of benzene rings is 1. The Bertz CT molecular complexity index is 554. The van der Waals surface area contributed by atoms with Crippen LogP contribution in [0.2, 0.25) is 0 Å². The van der Waals surface area contributed by atoms with Crippen LogP contribution in [0.1, 0.15) is 18.1 Å². The highest BCUT2D eigenvalue weighted by Crippen LogP contribution is 2.08. The molecule has 1 aromatic carbocycles. The van der Waals surface area contributed by atoms with Gasteiger partial charge in [-0.2, -0.15) is 0 Å². The van der Waals surface area contributed by atoms with Crippen molar-refractivity contribution >= 4 is 0 Å². The van der Waals surface area contributed by atoms with Crippen LogP contribution in [0.3, 0.4) is 0 Å². The molecule has 1 aromatic heterocycles. The highest BCUT2D eigenvalue weighted by Gasteiger charge is 2.05. The van der Waals surface area contributed by atoms with Crippen molar-refractivity contribution in [1.29, 1.82) is 0 Å². The molecular weight excluding hydrogens is 214 g/mol. The fraction of sp³-hybridized carbons (Fsp3) is 0.308. The van der Waals surface area contributed by atoms with Crippen molar-refractivity contribution in [2.24, 2.45) is 5.73 Å². The quantitative estimate of drug-likeness (QED) is 0.859. The van der Waals surface area contributed by atoms with Gasteiger partial charge in [0, 0.05) is 25.5 Å². The van der Waals surface area contributed by atoms with E-state index in [-0.39, 0.29) is 5.69 Å². The highest BCUT2D eigenvalue weighted by molar-refractivity contribution is 5.27. The summed E-state index contributed by atoms with van der Waals surface area (Å²) in [6, 6.07) is 7.94. The molecule has 0 aliphatic heterocycles. The molecule has 1 heterocycles. The Morgan fingerprint density at radius 2 is 1.76 bits per heavy atom. The average molecular weight is 231 g/mol. The topological polar surface area (TPSA) is 52.9 Å². The SMILES string of the molecule is CCn1ccn(Cc2ccccc2CN)c1=O. The van der Waals surface area contributed by atoms with Gasteiger partial charge < -0.3 is 5.73 Å². The normalized spacial score (nSPS) is 10.7. The van der Waals surface area contributed by atoms with Crippen LogP contribution in [0.4, 0.5) is 0 Å². The lowest BCUT2D eigenvalue weighted by molar-refractivity contribution is 0.666. The van der Waals surface area contributed by atoms with E-state index in [2.05, 4.69) is 0 Å². The maximum absolute atomic E-state index is 11.9. The Kier molecular flexibility index (Phi) is 3.44. The van der Waals surface area contributed by atoms with Crippen LogP contribution >= 0.6 is 0 Å². The summed E-state index contributed by atoms with van der Waals surface area (Å²) in [5.41, 5.74) is 7.90. The molecule has 0 amide bonds. The van der Waals surface area contributed by atoms with E-state index in [1.807, 2.05) is 43.6 Å². The molecule has 90 valence electrons. The molecular formula is C13H17N3O. The molecule has 0 radical (unpaired) electrons. The zero-order valence-electron chi connectivity index (χ0n) is 9.97. The molecule has 0 aliphatic rings. The van der Waals surface area contributed by atoms with Crippen molar-refractivity contribution in [2.75, 3.05) is 0 Å². The van der Waals surface area contributed by atoms with Crippen molar-refractivity contribution in [3.8, 4) is 0 Å². The standard InChI is InChI=1S/C13H17N3O/c1-2-15-7-8-16(13(15)17)10-12-6-4-3-5-11(12)9-14/h3-8H,2,9-10,14H2,1H3. The summed E-state index contributed by atoms with van der Waals surface area (Å²) < 4.78 is 3.39. The van der Waals surface area contributed by atoms with E-state index in [1.54, 1.807) is 9.13 Å². The van der Waals surface area contributed by atoms with E-state index in [4.69, 9.17) is 5.73 Å². The van der Waals surface area contributed by atoms with E-state index in [0.717, 1.165) is 11.1 Å². The summed E-state index contributed by atoms with van der Waals surface area (Å²) in [7, 11) is 0. The smallest absolute Gasteiger partial charge is 0.326 e. The monoisotopic (exact) mass is 231 g/mol. The zero-order valence-corrected chi connectivity index (χ0v) is 9.97. The lowest BCUT2D eigenvalue weighted by atomic mass is 10.1. The molecule has 0 spiro atoms. The van der Waals surface area contributed by atoms with Crippen molar-refractivity contribution in [3.05, 3.63) is 58.3 Å².